The SMILES string of the molecule is CCc1[nH]c(=O)c(C(=O)NCC2CC2)cc1C. The standard InChI is InChI=1S/C13H18N2O2/c1-3-11-8(2)6-10(13(17)15-11)12(16)14-7-9-4-5-9/h6,9H,3-5,7H2,1-2H3,(H,14,16)(H,15,17). The number of aromatic nitrogens is 1. The van der Waals surface area contributed by atoms with Crippen molar-refractivity contribution in [2.45, 2.75) is 33.1 Å². The van der Waals surface area contributed by atoms with Crippen molar-refractivity contribution in [2.75, 3.05) is 6.54 Å². The summed E-state index contributed by atoms with van der Waals surface area (Å²) in [6.45, 7) is 4.57. The molecule has 0 aliphatic heterocycles. The van der Waals surface area contributed by atoms with E-state index < -0.39 is 0 Å². The van der Waals surface area contributed by atoms with E-state index in [4.69, 9.17) is 0 Å². The summed E-state index contributed by atoms with van der Waals surface area (Å²) in [6.07, 6.45) is 3.14. The highest BCUT2D eigenvalue weighted by molar-refractivity contribution is 5.94. The van der Waals surface area contributed by atoms with E-state index in [1.54, 1.807) is 6.07 Å². The average Bonchev–Trinajstić information content (AvgIpc) is 3.12. The largest absolute Gasteiger partial charge is 0.352 e. The second kappa shape index (κ2) is 4.73. The summed E-state index contributed by atoms with van der Waals surface area (Å²) in [4.78, 5) is 26.3. The van der Waals surface area contributed by atoms with Crippen LogP contribution in [0.2, 0.25) is 0 Å². The lowest BCUT2D eigenvalue weighted by molar-refractivity contribution is 0.0950. The monoisotopic (exact) mass is 234 g/mol. The third-order valence-electron chi connectivity index (χ3n) is 3.19. The van der Waals surface area contributed by atoms with Gasteiger partial charge in [0.25, 0.3) is 11.5 Å². The van der Waals surface area contributed by atoms with Gasteiger partial charge in [0.15, 0.2) is 0 Å². The molecule has 2 N–H and O–H groups in total. The van der Waals surface area contributed by atoms with Crippen molar-refractivity contribution in [3.8, 4) is 0 Å². The van der Waals surface area contributed by atoms with E-state index in [9.17, 15) is 9.59 Å². The van der Waals surface area contributed by atoms with Gasteiger partial charge < -0.3 is 10.3 Å². The van der Waals surface area contributed by atoms with Crippen LogP contribution >= 0.6 is 0 Å². The third-order valence-corrected chi connectivity index (χ3v) is 3.19. The van der Waals surface area contributed by atoms with Crippen LogP contribution in [0.1, 0.15) is 41.4 Å². The molecular weight excluding hydrogens is 216 g/mol. The minimum atomic E-state index is -0.291. The minimum absolute atomic E-state index is 0.223. The van der Waals surface area contributed by atoms with E-state index >= 15 is 0 Å². The maximum absolute atomic E-state index is 11.8. The van der Waals surface area contributed by atoms with Gasteiger partial charge in [-0.3, -0.25) is 9.59 Å². The first-order valence-electron chi connectivity index (χ1n) is 6.12. The van der Waals surface area contributed by atoms with Gasteiger partial charge in [-0.15, -0.1) is 0 Å². The summed E-state index contributed by atoms with van der Waals surface area (Å²) in [5, 5.41) is 2.81. The Morgan fingerprint density at radius 1 is 1.53 bits per heavy atom. The van der Waals surface area contributed by atoms with E-state index in [0.29, 0.717) is 12.5 Å². The predicted molar refractivity (Wildman–Crippen MR) is 66.2 cm³/mol. The van der Waals surface area contributed by atoms with Gasteiger partial charge in [0.2, 0.25) is 0 Å². The van der Waals surface area contributed by atoms with Crippen LogP contribution in [0.5, 0.6) is 0 Å². The van der Waals surface area contributed by atoms with Gasteiger partial charge in [-0.25, -0.2) is 0 Å². The Kier molecular flexibility index (Phi) is 3.31. The molecule has 0 saturated heterocycles. The molecule has 0 radical (unpaired) electrons. The summed E-state index contributed by atoms with van der Waals surface area (Å²) < 4.78 is 0. The highest BCUT2D eigenvalue weighted by atomic mass is 16.2. The first-order chi connectivity index (χ1) is 8.11. The first-order valence-corrected chi connectivity index (χ1v) is 6.12. The number of amides is 1. The Morgan fingerprint density at radius 3 is 2.82 bits per heavy atom. The maximum Gasteiger partial charge on any atom is 0.261 e. The molecule has 1 amide bonds. The normalized spacial score (nSPS) is 14.7. The van der Waals surface area contributed by atoms with Crippen molar-refractivity contribution in [1.29, 1.82) is 0 Å². The Bertz CT molecular complexity index is 487. The number of rotatable bonds is 4. The highest BCUT2D eigenvalue weighted by Crippen LogP contribution is 2.27. The molecule has 2 rings (SSSR count). The van der Waals surface area contributed by atoms with Crippen LogP contribution in [0.15, 0.2) is 10.9 Å². The molecule has 4 nitrogen and oxygen atoms in total. The van der Waals surface area contributed by atoms with Crippen LogP contribution in [0.3, 0.4) is 0 Å². The lowest BCUT2D eigenvalue weighted by atomic mass is 10.1. The number of nitrogens with one attached hydrogen (secondary N) is 2. The molecule has 0 bridgehead atoms. The zero-order valence-corrected chi connectivity index (χ0v) is 10.3. The summed E-state index contributed by atoms with van der Waals surface area (Å²) in [5.41, 5.74) is 1.79. The van der Waals surface area contributed by atoms with Gasteiger partial charge in [0, 0.05) is 12.2 Å². The fraction of sp³-hybridized carbons (Fsp3) is 0.538. The molecule has 4 heteroatoms. The molecule has 0 unspecified atom stereocenters. The van der Waals surface area contributed by atoms with Crippen LogP contribution in [0.4, 0.5) is 0 Å². The predicted octanol–water partition coefficient (Wildman–Crippen LogP) is 1.39. The molecule has 92 valence electrons. The van der Waals surface area contributed by atoms with Crippen molar-refractivity contribution in [3.05, 3.63) is 33.2 Å². The molecule has 1 saturated carbocycles. The maximum atomic E-state index is 11.8. The van der Waals surface area contributed by atoms with E-state index in [1.807, 2.05) is 13.8 Å². The van der Waals surface area contributed by atoms with Crippen molar-refractivity contribution >= 4 is 5.91 Å². The number of carbonyl (C=O) groups excluding carboxylic acids is 1. The molecule has 1 fully saturated rings. The number of H-pyrrole nitrogens is 1. The molecule has 1 aromatic rings. The molecule has 0 spiro atoms. The lowest BCUT2D eigenvalue weighted by Gasteiger charge is -2.07. The van der Waals surface area contributed by atoms with Crippen LogP contribution < -0.4 is 10.9 Å². The van der Waals surface area contributed by atoms with Crippen LogP contribution in [-0.2, 0) is 6.42 Å². The smallest absolute Gasteiger partial charge is 0.261 e. The van der Waals surface area contributed by atoms with Gasteiger partial charge in [0.1, 0.15) is 5.56 Å². The number of carbonyl (C=O) groups is 1. The molecule has 1 aliphatic rings. The topological polar surface area (TPSA) is 62.0 Å². The Hall–Kier alpha value is -1.58. The van der Waals surface area contributed by atoms with E-state index in [2.05, 4.69) is 10.3 Å². The van der Waals surface area contributed by atoms with Gasteiger partial charge in [-0.1, -0.05) is 6.92 Å². The molecule has 17 heavy (non-hydrogen) atoms. The van der Waals surface area contributed by atoms with Gasteiger partial charge in [-0.05, 0) is 43.7 Å². The second-order valence-corrected chi connectivity index (χ2v) is 4.68. The summed E-state index contributed by atoms with van der Waals surface area (Å²) >= 11 is 0. The summed E-state index contributed by atoms with van der Waals surface area (Å²) in [7, 11) is 0. The van der Waals surface area contributed by atoms with E-state index in [0.717, 1.165) is 17.7 Å². The molecule has 1 aliphatic carbocycles. The van der Waals surface area contributed by atoms with Gasteiger partial charge in [-0.2, -0.15) is 0 Å². The highest BCUT2D eigenvalue weighted by Gasteiger charge is 2.22. The zero-order valence-electron chi connectivity index (χ0n) is 10.3. The third kappa shape index (κ3) is 2.75. The Balaban J connectivity index is 2.16. The number of hydrogen-bond donors (Lipinski definition) is 2. The quantitative estimate of drug-likeness (QED) is 0.827. The Morgan fingerprint density at radius 2 is 2.24 bits per heavy atom. The molecule has 1 heterocycles. The fourth-order valence-electron chi connectivity index (χ4n) is 1.86. The van der Waals surface area contributed by atoms with E-state index in [1.165, 1.54) is 12.8 Å². The van der Waals surface area contributed by atoms with Crippen molar-refractivity contribution in [2.24, 2.45) is 5.92 Å². The van der Waals surface area contributed by atoms with E-state index in [-0.39, 0.29) is 17.0 Å². The van der Waals surface area contributed by atoms with Crippen LogP contribution in [-0.4, -0.2) is 17.4 Å². The fourth-order valence-corrected chi connectivity index (χ4v) is 1.86. The molecule has 1 aromatic heterocycles. The van der Waals surface area contributed by atoms with Crippen molar-refractivity contribution < 1.29 is 4.79 Å². The minimum Gasteiger partial charge on any atom is -0.352 e. The second-order valence-electron chi connectivity index (χ2n) is 4.68. The van der Waals surface area contributed by atoms with Crippen molar-refractivity contribution in [3.63, 3.8) is 0 Å². The molecule has 0 atom stereocenters. The number of aromatic amines is 1. The summed E-state index contributed by atoms with van der Waals surface area (Å²) in [6, 6.07) is 1.68. The number of pyridine rings is 1. The molecular formula is C13H18N2O2. The van der Waals surface area contributed by atoms with Crippen molar-refractivity contribution in [1.82, 2.24) is 10.3 Å². The lowest BCUT2D eigenvalue weighted by Crippen LogP contribution is -2.31. The van der Waals surface area contributed by atoms with Gasteiger partial charge in [0.05, 0.1) is 0 Å². The number of hydrogen-bond acceptors (Lipinski definition) is 2. The van der Waals surface area contributed by atoms with Gasteiger partial charge >= 0.3 is 0 Å². The zero-order chi connectivity index (χ0) is 12.4. The van der Waals surface area contributed by atoms with Crippen LogP contribution in [0, 0.1) is 12.8 Å². The summed E-state index contributed by atoms with van der Waals surface area (Å²) in [5.74, 6) is 0.359. The first kappa shape index (κ1) is 11.9. The molecule has 0 aromatic carbocycles. The van der Waals surface area contributed by atoms with Crippen LogP contribution in [0.25, 0.3) is 0 Å². The Labute approximate surface area is 100 Å². The number of aryl methyl sites for hydroxylation is 2. The average molecular weight is 234 g/mol.